The molecule has 24 heavy (non-hydrogen) atoms. The number of aryl methyl sites for hydroxylation is 2. The highest BCUT2D eigenvalue weighted by Gasteiger charge is 2.10. The number of fused-ring (bicyclic) bond motifs is 1. The van der Waals surface area contributed by atoms with E-state index in [0.717, 1.165) is 38.3 Å². The second-order valence-electron chi connectivity index (χ2n) is 6.40. The van der Waals surface area contributed by atoms with Gasteiger partial charge in [-0.2, -0.15) is 0 Å². The van der Waals surface area contributed by atoms with E-state index in [1.165, 1.54) is 22.3 Å². The number of likely N-dealkylation sites (N-methyl/N-ethyl adjacent to an activating group) is 1. The summed E-state index contributed by atoms with van der Waals surface area (Å²) in [4.78, 5) is 2.31. The van der Waals surface area contributed by atoms with Crippen molar-refractivity contribution in [2.45, 2.75) is 26.3 Å². The molecule has 128 valence electrons. The summed E-state index contributed by atoms with van der Waals surface area (Å²) < 4.78 is 5.76. The maximum Gasteiger partial charge on any atom is 0.122 e. The third-order valence-electron chi connectivity index (χ3n) is 4.24. The molecule has 0 saturated carbocycles. The lowest BCUT2D eigenvalue weighted by Gasteiger charge is -2.20. The van der Waals surface area contributed by atoms with Crippen LogP contribution in [0.25, 0.3) is 6.08 Å². The van der Waals surface area contributed by atoms with E-state index >= 15 is 0 Å². The Bertz CT molecular complexity index is 679. The normalized spacial score (nSPS) is 13.5. The van der Waals surface area contributed by atoms with Gasteiger partial charge < -0.3 is 4.74 Å². The van der Waals surface area contributed by atoms with Crippen LogP contribution in [0.2, 0.25) is 0 Å². The lowest BCUT2D eigenvalue weighted by atomic mass is 10.0. The Hall–Kier alpha value is -1.77. The number of hydrogen-bond donors (Lipinski definition) is 0. The molecule has 3 rings (SSSR count). The number of hydrogen-bond acceptors (Lipinski definition) is 2. The van der Waals surface area contributed by atoms with Gasteiger partial charge in [0.25, 0.3) is 0 Å². The van der Waals surface area contributed by atoms with Crippen molar-refractivity contribution in [1.82, 2.24) is 4.90 Å². The Morgan fingerprint density at radius 3 is 2.71 bits per heavy atom. The van der Waals surface area contributed by atoms with Gasteiger partial charge in [-0.05, 0) is 49.6 Å². The van der Waals surface area contributed by atoms with E-state index in [9.17, 15) is 0 Å². The highest BCUT2D eigenvalue weighted by Crippen LogP contribution is 2.26. The Labute approximate surface area is 151 Å². The van der Waals surface area contributed by atoms with E-state index in [0.29, 0.717) is 0 Å². The SMILES string of the molecule is Cc1ccc(/C=C/CN(C)Cc2ccc3c(c2)OCCC3)cc1.Cl. The largest absolute Gasteiger partial charge is 0.493 e. The molecule has 2 nitrogen and oxygen atoms in total. The molecule has 1 heterocycles. The second-order valence-corrected chi connectivity index (χ2v) is 6.40. The zero-order valence-corrected chi connectivity index (χ0v) is 15.3. The van der Waals surface area contributed by atoms with Crippen LogP contribution < -0.4 is 4.74 Å². The predicted molar refractivity (Wildman–Crippen MR) is 104 cm³/mol. The number of halogens is 1. The first kappa shape index (κ1) is 18.6. The molecule has 0 bridgehead atoms. The zero-order valence-electron chi connectivity index (χ0n) is 14.5. The summed E-state index contributed by atoms with van der Waals surface area (Å²) in [6.07, 6.45) is 6.69. The van der Waals surface area contributed by atoms with Crippen LogP contribution in [0, 0.1) is 6.92 Å². The van der Waals surface area contributed by atoms with Gasteiger partial charge in [0.05, 0.1) is 6.61 Å². The molecular formula is C21H26ClNO. The Morgan fingerprint density at radius 2 is 1.92 bits per heavy atom. The molecular weight excluding hydrogens is 318 g/mol. The molecule has 0 N–H and O–H groups in total. The van der Waals surface area contributed by atoms with Crippen LogP contribution in [0.3, 0.4) is 0 Å². The molecule has 1 aliphatic rings. The van der Waals surface area contributed by atoms with Crippen molar-refractivity contribution in [2.24, 2.45) is 0 Å². The fraction of sp³-hybridized carbons (Fsp3) is 0.333. The van der Waals surface area contributed by atoms with E-state index in [1.54, 1.807) is 0 Å². The van der Waals surface area contributed by atoms with Crippen LogP contribution in [-0.2, 0) is 13.0 Å². The van der Waals surface area contributed by atoms with Gasteiger partial charge in [-0.25, -0.2) is 0 Å². The third-order valence-corrected chi connectivity index (χ3v) is 4.24. The van der Waals surface area contributed by atoms with Crippen LogP contribution in [0.4, 0.5) is 0 Å². The summed E-state index contributed by atoms with van der Waals surface area (Å²) in [5.41, 5.74) is 5.22. The van der Waals surface area contributed by atoms with Crippen molar-refractivity contribution in [2.75, 3.05) is 20.2 Å². The van der Waals surface area contributed by atoms with Gasteiger partial charge in [-0.3, -0.25) is 4.90 Å². The first-order chi connectivity index (χ1) is 11.2. The fourth-order valence-corrected chi connectivity index (χ4v) is 2.91. The van der Waals surface area contributed by atoms with Gasteiger partial charge in [0.1, 0.15) is 5.75 Å². The van der Waals surface area contributed by atoms with Crippen molar-refractivity contribution in [1.29, 1.82) is 0 Å². The molecule has 2 aromatic rings. The number of rotatable bonds is 5. The van der Waals surface area contributed by atoms with Crippen LogP contribution in [-0.4, -0.2) is 25.1 Å². The van der Waals surface area contributed by atoms with Crippen LogP contribution >= 0.6 is 12.4 Å². The molecule has 1 aliphatic heterocycles. The second kappa shape index (κ2) is 8.91. The quantitative estimate of drug-likeness (QED) is 0.766. The molecule has 0 atom stereocenters. The van der Waals surface area contributed by atoms with Gasteiger partial charge in [-0.15, -0.1) is 12.4 Å². The highest BCUT2D eigenvalue weighted by atomic mass is 35.5. The smallest absolute Gasteiger partial charge is 0.122 e. The molecule has 0 fully saturated rings. The first-order valence-electron chi connectivity index (χ1n) is 8.37. The minimum atomic E-state index is 0. The zero-order chi connectivity index (χ0) is 16.1. The van der Waals surface area contributed by atoms with Gasteiger partial charge in [0.15, 0.2) is 0 Å². The molecule has 0 amide bonds. The molecule has 0 unspecified atom stereocenters. The third kappa shape index (κ3) is 5.12. The van der Waals surface area contributed by atoms with Crippen LogP contribution in [0.1, 0.15) is 28.7 Å². The number of benzene rings is 2. The monoisotopic (exact) mass is 343 g/mol. The summed E-state index contributed by atoms with van der Waals surface area (Å²) in [7, 11) is 2.15. The molecule has 2 aromatic carbocycles. The van der Waals surface area contributed by atoms with Gasteiger partial charge in [0.2, 0.25) is 0 Å². The Balaban J connectivity index is 0.00000208. The maximum atomic E-state index is 5.76. The van der Waals surface area contributed by atoms with E-state index < -0.39 is 0 Å². The van der Waals surface area contributed by atoms with E-state index in [2.05, 4.69) is 73.5 Å². The summed E-state index contributed by atoms with van der Waals surface area (Å²) >= 11 is 0. The molecule has 3 heteroatoms. The molecule has 0 radical (unpaired) electrons. The van der Waals surface area contributed by atoms with Crippen molar-refractivity contribution >= 4 is 18.5 Å². The molecule has 0 spiro atoms. The standard InChI is InChI=1S/C21H25NO.ClH/c1-17-7-9-18(10-8-17)5-3-13-22(2)16-19-11-12-20-6-4-14-23-21(20)15-19;/h3,5,7-12,15H,4,6,13-14,16H2,1-2H3;1H/b5-3+;. The van der Waals surface area contributed by atoms with E-state index in [-0.39, 0.29) is 12.4 Å². The summed E-state index contributed by atoms with van der Waals surface area (Å²) in [5, 5.41) is 0. The average Bonchev–Trinajstić information content (AvgIpc) is 2.56. The van der Waals surface area contributed by atoms with Gasteiger partial charge in [-0.1, -0.05) is 54.1 Å². The number of ether oxygens (including phenoxy) is 1. The molecule has 0 aliphatic carbocycles. The summed E-state index contributed by atoms with van der Waals surface area (Å²) in [6, 6.07) is 15.3. The van der Waals surface area contributed by atoms with Crippen molar-refractivity contribution in [3.8, 4) is 5.75 Å². The lowest BCUT2D eigenvalue weighted by Crippen LogP contribution is -2.18. The predicted octanol–water partition coefficient (Wildman–Crippen LogP) is 4.89. The lowest BCUT2D eigenvalue weighted by molar-refractivity contribution is 0.287. The van der Waals surface area contributed by atoms with Gasteiger partial charge >= 0.3 is 0 Å². The topological polar surface area (TPSA) is 12.5 Å². The minimum Gasteiger partial charge on any atom is -0.493 e. The van der Waals surface area contributed by atoms with Crippen LogP contribution in [0.15, 0.2) is 48.5 Å². The summed E-state index contributed by atoms with van der Waals surface area (Å²) in [5.74, 6) is 1.08. The van der Waals surface area contributed by atoms with E-state index in [1.807, 2.05) is 0 Å². The Morgan fingerprint density at radius 1 is 1.12 bits per heavy atom. The fourth-order valence-electron chi connectivity index (χ4n) is 2.91. The van der Waals surface area contributed by atoms with Crippen molar-refractivity contribution < 1.29 is 4.74 Å². The number of nitrogens with zero attached hydrogens (tertiary/aromatic N) is 1. The Kier molecular flexibility index (Phi) is 6.89. The van der Waals surface area contributed by atoms with Crippen molar-refractivity contribution in [3.63, 3.8) is 0 Å². The molecule has 0 saturated heterocycles. The average molecular weight is 344 g/mol. The molecule has 0 aromatic heterocycles. The maximum absolute atomic E-state index is 5.76. The summed E-state index contributed by atoms with van der Waals surface area (Å²) in [6.45, 7) is 4.84. The van der Waals surface area contributed by atoms with Crippen LogP contribution in [0.5, 0.6) is 5.75 Å². The van der Waals surface area contributed by atoms with E-state index in [4.69, 9.17) is 4.74 Å². The highest BCUT2D eigenvalue weighted by molar-refractivity contribution is 5.85. The van der Waals surface area contributed by atoms with Crippen molar-refractivity contribution in [3.05, 3.63) is 70.8 Å². The first-order valence-corrected chi connectivity index (χ1v) is 8.37. The van der Waals surface area contributed by atoms with Gasteiger partial charge in [0, 0.05) is 13.1 Å². The minimum absolute atomic E-state index is 0.